The number of aromatic amines is 1. The normalized spacial score (nSPS) is 10.9. The first-order valence-electron chi connectivity index (χ1n) is 5.32. The number of hydrogen-bond donors (Lipinski definition) is 3. The summed E-state index contributed by atoms with van der Waals surface area (Å²) in [4.78, 5) is 7.02. The molecule has 3 rings (SSSR count). The van der Waals surface area contributed by atoms with Gasteiger partial charge in [0.25, 0.3) is 0 Å². The van der Waals surface area contributed by atoms with Gasteiger partial charge in [-0.1, -0.05) is 6.07 Å². The number of imidazole rings is 1. The molecule has 0 bridgehead atoms. The molecule has 0 atom stereocenters. The number of aromatic nitrogens is 2. The Morgan fingerprint density at radius 2 is 1.94 bits per heavy atom. The molecule has 0 saturated heterocycles. The van der Waals surface area contributed by atoms with E-state index in [2.05, 4.69) is 9.97 Å². The molecule has 1 aromatic heterocycles. The number of rotatable bonds is 1. The number of H-pyrrole nitrogens is 1. The number of nitrogens with one attached hydrogen (secondary N) is 1. The Morgan fingerprint density at radius 1 is 1.11 bits per heavy atom. The molecule has 3 N–H and O–H groups in total. The van der Waals surface area contributed by atoms with Crippen molar-refractivity contribution in [2.45, 2.75) is 0 Å². The number of phenols is 2. The van der Waals surface area contributed by atoms with Gasteiger partial charge in [0.15, 0.2) is 5.82 Å². The molecular weight excluding hydrogens is 235 g/mol. The summed E-state index contributed by atoms with van der Waals surface area (Å²) in [6, 6.07) is 8.75. The summed E-state index contributed by atoms with van der Waals surface area (Å²) < 4.78 is 13.5. The highest BCUT2D eigenvalue weighted by Gasteiger charge is 2.12. The first kappa shape index (κ1) is 10.6. The van der Waals surface area contributed by atoms with E-state index in [0.717, 1.165) is 0 Å². The van der Waals surface area contributed by atoms with Gasteiger partial charge in [-0.2, -0.15) is 0 Å². The van der Waals surface area contributed by atoms with E-state index in [-0.39, 0.29) is 17.0 Å². The molecule has 90 valence electrons. The van der Waals surface area contributed by atoms with Gasteiger partial charge in [-0.25, -0.2) is 9.37 Å². The predicted octanol–water partition coefficient (Wildman–Crippen LogP) is 2.78. The fourth-order valence-corrected chi connectivity index (χ4v) is 1.84. The van der Waals surface area contributed by atoms with E-state index >= 15 is 0 Å². The fraction of sp³-hybridized carbons (Fsp3) is 0. The summed E-state index contributed by atoms with van der Waals surface area (Å²) >= 11 is 0. The standard InChI is InChI=1S/C13H9FN2O2/c14-9-2-1-3-10-12(9)16-13(15-10)8-5-4-7(17)6-11(8)18/h1-6,17-18H,(H,15,16). The highest BCUT2D eigenvalue weighted by atomic mass is 19.1. The first-order valence-corrected chi connectivity index (χ1v) is 5.32. The van der Waals surface area contributed by atoms with Crippen molar-refractivity contribution in [3.63, 3.8) is 0 Å². The molecule has 0 aliphatic carbocycles. The summed E-state index contributed by atoms with van der Waals surface area (Å²) in [7, 11) is 0. The molecule has 5 heteroatoms. The quantitative estimate of drug-likeness (QED) is 0.616. The van der Waals surface area contributed by atoms with Gasteiger partial charge in [-0.15, -0.1) is 0 Å². The predicted molar refractivity (Wildman–Crippen MR) is 64.8 cm³/mol. The third-order valence-electron chi connectivity index (χ3n) is 2.70. The minimum absolute atomic E-state index is 0.0430. The second kappa shape index (κ2) is 3.73. The number of halogens is 1. The van der Waals surface area contributed by atoms with Crippen molar-refractivity contribution in [1.29, 1.82) is 0 Å². The Bertz CT molecular complexity index is 737. The van der Waals surface area contributed by atoms with Crippen LogP contribution in [-0.4, -0.2) is 20.2 Å². The van der Waals surface area contributed by atoms with Gasteiger partial charge in [0, 0.05) is 6.07 Å². The molecule has 3 aromatic rings. The molecule has 0 saturated carbocycles. The van der Waals surface area contributed by atoms with Crippen molar-refractivity contribution in [3.8, 4) is 22.9 Å². The topological polar surface area (TPSA) is 69.1 Å². The number of aromatic hydroxyl groups is 2. The average Bonchev–Trinajstić information content (AvgIpc) is 2.74. The minimum atomic E-state index is -0.423. The Kier molecular flexibility index (Phi) is 2.19. The minimum Gasteiger partial charge on any atom is -0.508 e. The van der Waals surface area contributed by atoms with Crippen LogP contribution in [0.15, 0.2) is 36.4 Å². The lowest BCUT2D eigenvalue weighted by Gasteiger charge is -2.00. The molecule has 0 unspecified atom stereocenters. The molecule has 18 heavy (non-hydrogen) atoms. The van der Waals surface area contributed by atoms with E-state index in [1.807, 2.05) is 0 Å². The summed E-state index contributed by atoms with van der Waals surface area (Å²) in [6.07, 6.45) is 0. The highest BCUT2D eigenvalue weighted by molar-refractivity contribution is 5.81. The molecule has 0 amide bonds. The summed E-state index contributed by atoms with van der Waals surface area (Å²) in [5, 5.41) is 18.9. The van der Waals surface area contributed by atoms with Gasteiger partial charge in [0.2, 0.25) is 0 Å². The van der Waals surface area contributed by atoms with Gasteiger partial charge >= 0.3 is 0 Å². The Hall–Kier alpha value is -2.56. The van der Waals surface area contributed by atoms with E-state index in [1.54, 1.807) is 12.1 Å². The average molecular weight is 244 g/mol. The number of fused-ring (bicyclic) bond motifs is 1. The monoisotopic (exact) mass is 244 g/mol. The van der Waals surface area contributed by atoms with E-state index in [0.29, 0.717) is 16.9 Å². The Labute approximate surface area is 101 Å². The largest absolute Gasteiger partial charge is 0.508 e. The van der Waals surface area contributed by atoms with Gasteiger partial charge in [-0.3, -0.25) is 0 Å². The van der Waals surface area contributed by atoms with Crippen molar-refractivity contribution >= 4 is 11.0 Å². The summed E-state index contributed by atoms with van der Waals surface area (Å²) in [5.74, 6) is -0.228. The van der Waals surface area contributed by atoms with Crippen LogP contribution in [0.1, 0.15) is 0 Å². The lowest BCUT2D eigenvalue weighted by atomic mass is 10.2. The number of benzene rings is 2. The van der Waals surface area contributed by atoms with Crippen LogP contribution in [0.25, 0.3) is 22.4 Å². The number of nitrogens with zero attached hydrogens (tertiary/aromatic N) is 1. The molecule has 4 nitrogen and oxygen atoms in total. The van der Waals surface area contributed by atoms with Crippen molar-refractivity contribution in [1.82, 2.24) is 9.97 Å². The summed E-state index contributed by atoms with van der Waals surface area (Å²) in [5.41, 5.74) is 1.18. The Morgan fingerprint density at radius 3 is 2.67 bits per heavy atom. The number of para-hydroxylation sites is 1. The maximum Gasteiger partial charge on any atom is 0.151 e. The maximum atomic E-state index is 13.5. The van der Waals surface area contributed by atoms with E-state index in [9.17, 15) is 14.6 Å². The fourth-order valence-electron chi connectivity index (χ4n) is 1.84. The van der Waals surface area contributed by atoms with Crippen LogP contribution < -0.4 is 0 Å². The molecule has 0 spiro atoms. The summed E-state index contributed by atoms with van der Waals surface area (Å²) in [6.45, 7) is 0. The lowest BCUT2D eigenvalue weighted by molar-refractivity contribution is 0.451. The molecule has 2 aromatic carbocycles. The lowest BCUT2D eigenvalue weighted by Crippen LogP contribution is -1.81. The van der Waals surface area contributed by atoms with Crippen molar-refractivity contribution in [2.75, 3.05) is 0 Å². The van der Waals surface area contributed by atoms with Crippen molar-refractivity contribution in [2.24, 2.45) is 0 Å². The first-order chi connectivity index (χ1) is 8.65. The van der Waals surface area contributed by atoms with Crippen LogP contribution >= 0.6 is 0 Å². The SMILES string of the molecule is Oc1ccc(-c2nc3c(F)cccc3[nH]2)c(O)c1. The second-order valence-electron chi connectivity index (χ2n) is 3.92. The molecular formula is C13H9FN2O2. The Balaban J connectivity index is 2.23. The van der Waals surface area contributed by atoms with Crippen LogP contribution in [0.3, 0.4) is 0 Å². The highest BCUT2D eigenvalue weighted by Crippen LogP contribution is 2.31. The number of phenolic OH excluding ortho intramolecular Hbond substituents is 2. The van der Waals surface area contributed by atoms with Crippen molar-refractivity contribution < 1.29 is 14.6 Å². The molecule has 0 aliphatic rings. The van der Waals surface area contributed by atoms with E-state index < -0.39 is 5.82 Å². The third-order valence-corrected chi connectivity index (χ3v) is 2.70. The van der Waals surface area contributed by atoms with E-state index in [4.69, 9.17) is 0 Å². The molecule has 0 fully saturated rings. The maximum absolute atomic E-state index is 13.5. The van der Waals surface area contributed by atoms with Gasteiger partial charge in [0.05, 0.1) is 11.1 Å². The third kappa shape index (κ3) is 1.57. The van der Waals surface area contributed by atoms with E-state index in [1.165, 1.54) is 24.3 Å². The van der Waals surface area contributed by atoms with Crippen LogP contribution in [-0.2, 0) is 0 Å². The van der Waals surface area contributed by atoms with Crippen LogP contribution in [0, 0.1) is 5.82 Å². The van der Waals surface area contributed by atoms with Crippen LogP contribution in [0.2, 0.25) is 0 Å². The molecule has 0 aliphatic heterocycles. The van der Waals surface area contributed by atoms with Gasteiger partial charge in [0.1, 0.15) is 22.8 Å². The zero-order chi connectivity index (χ0) is 12.7. The molecule has 0 radical (unpaired) electrons. The van der Waals surface area contributed by atoms with Crippen LogP contribution in [0.4, 0.5) is 4.39 Å². The van der Waals surface area contributed by atoms with Crippen molar-refractivity contribution in [3.05, 3.63) is 42.2 Å². The smallest absolute Gasteiger partial charge is 0.151 e. The zero-order valence-electron chi connectivity index (χ0n) is 9.18. The van der Waals surface area contributed by atoms with Gasteiger partial charge < -0.3 is 15.2 Å². The zero-order valence-corrected chi connectivity index (χ0v) is 9.18. The second-order valence-corrected chi connectivity index (χ2v) is 3.92. The number of hydrogen-bond acceptors (Lipinski definition) is 3. The molecule has 1 heterocycles. The van der Waals surface area contributed by atoms with Crippen LogP contribution in [0.5, 0.6) is 11.5 Å². The van der Waals surface area contributed by atoms with Gasteiger partial charge in [-0.05, 0) is 24.3 Å².